The minimum Gasteiger partial charge on any atom is -0.494 e. The van der Waals surface area contributed by atoms with Crippen LogP contribution in [0.15, 0.2) is 54.7 Å². The van der Waals surface area contributed by atoms with E-state index in [1.165, 1.54) is 0 Å². The number of para-hydroxylation sites is 1. The third-order valence-electron chi connectivity index (χ3n) is 4.05. The standard InChI is InChI=1S/C20H23N3O2.ClH/c1-2-11-25-16-9-7-15(8-10-16)23-20(24)18(21)12-14-13-22-19-6-4-3-5-17(14)19;/h3-10,13,18,22H,2,11-12,21H2,1H3,(H,23,24);1H/t18-;/m0./s1. The van der Waals surface area contributed by atoms with Crippen LogP contribution in [-0.2, 0) is 11.2 Å². The minimum atomic E-state index is -0.616. The third-order valence-corrected chi connectivity index (χ3v) is 4.05. The van der Waals surface area contributed by atoms with Gasteiger partial charge in [-0.05, 0) is 48.7 Å². The molecule has 138 valence electrons. The number of nitrogens with two attached hydrogens (primary N) is 1. The van der Waals surface area contributed by atoms with Gasteiger partial charge < -0.3 is 20.8 Å². The largest absolute Gasteiger partial charge is 0.494 e. The van der Waals surface area contributed by atoms with Crippen molar-refractivity contribution in [1.82, 2.24) is 4.98 Å². The molecule has 0 unspecified atom stereocenters. The monoisotopic (exact) mass is 373 g/mol. The van der Waals surface area contributed by atoms with Gasteiger partial charge in [0.2, 0.25) is 5.91 Å². The van der Waals surface area contributed by atoms with E-state index in [1.807, 2.05) is 54.7 Å². The number of aromatic amines is 1. The molecule has 3 rings (SSSR count). The van der Waals surface area contributed by atoms with Crippen LogP contribution in [0.25, 0.3) is 10.9 Å². The molecule has 1 amide bonds. The summed E-state index contributed by atoms with van der Waals surface area (Å²) in [5.41, 5.74) is 8.90. The number of H-pyrrole nitrogens is 1. The molecule has 4 N–H and O–H groups in total. The van der Waals surface area contributed by atoms with E-state index in [1.54, 1.807) is 0 Å². The van der Waals surface area contributed by atoms with Gasteiger partial charge in [-0.3, -0.25) is 4.79 Å². The molecule has 2 aromatic carbocycles. The summed E-state index contributed by atoms with van der Waals surface area (Å²) < 4.78 is 5.53. The average Bonchev–Trinajstić information content (AvgIpc) is 3.04. The first-order valence-corrected chi connectivity index (χ1v) is 8.51. The highest BCUT2D eigenvalue weighted by atomic mass is 35.5. The summed E-state index contributed by atoms with van der Waals surface area (Å²) >= 11 is 0. The number of fused-ring (bicyclic) bond motifs is 1. The zero-order chi connectivity index (χ0) is 17.6. The van der Waals surface area contributed by atoms with Gasteiger partial charge in [-0.1, -0.05) is 25.1 Å². The maximum Gasteiger partial charge on any atom is 0.241 e. The van der Waals surface area contributed by atoms with Gasteiger partial charge in [0.15, 0.2) is 0 Å². The number of ether oxygens (including phenoxy) is 1. The average molecular weight is 374 g/mol. The number of benzene rings is 2. The van der Waals surface area contributed by atoms with Crippen molar-refractivity contribution in [2.75, 3.05) is 11.9 Å². The van der Waals surface area contributed by atoms with E-state index in [2.05, 4.69) is 17.2 Å². The first-order valence-electron chi connectivity index (χ1n) is 8.51. The van der Waals surface area contributed by atoms with Gasteiger partial charge >= 0.3 is 0 Å². The van der Waals surface area contributed by atoms with Gasteiger partial charge in [-0.15, -0.1) is 12.4 Å². The van der Waals surface area contributed by atoms with Gasteiger partial charge in [-0.2, -0.15) is 0 Å². The van der Waals surface area contributed by atoms with Gasteiger partial charge in [-0.25, -0.2) is 0 Å². The van der Waals surface area contributed by atoms with E-state index in [4.69, 9.17) is 10.5 Å². The number of nitrogens with one attached hydrogen (secondary N) is 2. The lowest BCUT2D eigenvalue weighted by atomic mass is 10.0. The zero-order valence-electron chi connectivity index (χ0n) is 14.7. The molecule has 0 aliphatic heterocycles. The van der Waals surface area contributed by atoms with E-state index in [0.717, 1.165) is 28.6 Å². The Labute approximate surface area is 159 Å². The summed E-state index contributed by atoms with van der Waals surface area (Å²) in [7, 11) is 0. The molecular weight excluding hydrogens is 350 g/mol. The Kier molecular flexibility index (Phi) is 7.06. The SMILES string of the molecule is CCCOc1ccc(NC(=O)[C@@H](N)Cc2c[nH]c3ccccc23)cc1.Cl. The Hall–Kier alpha value is -2.50. The number of carbonyl (C=O) groups is 1. The second kappa shape index (κ2) is 9.27. The Morgan fingerprint density at radius 3 is 2.65 bits per heavy atom. The fourth-order valence-corrected chi connectivity index (χ4v) is 2.72. The van der Waals surface area contributed by atoms with Crippen LogP contribution in [0.1, 0.15) is 18.9 Å². The molecule has 0 bridgehead atoms. The van der Waals surface area contributed by atoms with Gasteiger partial charge in [0.25, 0.3) is 0 Å². The number of anilines is 1. The first kappa shape index (κ1) is 19.8. The van der Waals surface area contributed by atoms with Crippen LogP contribution in [0.5, 0.6) is 5.75 Å². The summed E-state index contributed by atoms with van der Waals surface area (Å²) in [5, 5.41) is 3.96. The minimum absolute atomic E-state index is 0. The predicted octanol–water partition coefficient (Wildman–Crippen LogP) is 3.89. The van der Waals surface area contributed by atoms with Crippen molar-refractivity contribution in [3.8, 4) is 5.75 Å². The van der Waals surface area contributed by atoms with Crippen LogP contribution in [0.3, 0.4) is 0 Å². The van der Waals surface area contributed by atoms with Crippen LogP contribution in [-0.4, -0.2) is 23.5 Å². The second-order valence-corrected chi connectivity index (χ2v) is 6.03. The summed E-state index contributed by atoms with van der Waals surface area (Å²) in [6, 6.07) is 14.7. The number of rotatable bonds is 7. The topological polar surface area (TPSA) is 80.1 Å². The fourth-order valence-electron chi connectivity index (χ4n) is 2.72. The lowest BCUT2D eigenvalue weighted by Gasteiger charge is -2.12. The molecule has 0 aliphatic carbocycles. The van der Waals surface area contributed by atoms with Crippen molar-refractivity contribution in [2.45, 2.75) is 25.8 Å². The Morgan fingerprint density at radius 1 is 1.19 bits per heavy atom. The van der Waals surface area contributed by atoms with Crippen LogP contribution in [0.2, 0.25) is 0 Å². The number of hydrogen-bond acceptors (Lipinski definition) is 3. The highest BCUT2D eigenvalue weighted by Gasteiger charge is 2.16. The molecule has 5 nitrogen and oxygen atoms in total. The lowest BCUT2D eigenvalue weighted by Crippen LogP contribution is -2.37. The van der Waals surface area contributed by atoms with Crippen LogP contribution in [0, 0.1) is 0 Å². The van der Waals surface area contributed by atoms with Crippen molar-refractivity contribution < 1.29 is 9.53 Å². The van der Waals surface area contributed by atoms with Crippen LogP contribution < -0.4 is 15.8 Å². The number of aromatic nitrogens is 1. The molecule has 6 heteroatoms. The molecule has 0 radical (unpaired) electrons. The zero-order valence-corrected chi connectivity index (χ0v) is 15.5. The quantitative estimate of drug-likeness (QED) is 0.587. The van der Waals surface area contributed by atoms with Crippen molar-refractivity contribution in [3.05, 3.63) is 60.3 Å². The lowest BCUT2D eigenvalue weighted by molar-refractivity contribution is -0.117. The van der Waals surface area contributed by atoms with E-state index in [9.17, 15) is 4.79 Å². The maximum absolute atomic E-state index is 12.4. The highest BCUT2D eigenvalue weighted by Crippen LogP contribution is 2.20. The van der Waals surface area contributed by atoms with E-state index < -0.39 is 6.04 Å². The molecule has 0 fully saturated rings. The Balaban J connectivity index is 0.00000243. The molecule has 1 atom stereocenters. The summed E-state index contributed by atoms with van der Waals surface area (Å²) in [4.78, 5) is 15.6. The van der Waals surface area contributed by atoms with Crippen molar-refractivity contribution >= 4 is 34.9 Å². The van der Waals surface area contributed by atoms with Gasteiger partial charge in [0.05, 0.1) is 12.6 Å². The smallest absolute Gasteiger partial charge is 0.241 e. The first-order chi connectivity index (χ1) is 12.2. The van der Waals surface area contributed by atoms with Crippen molar-refractivity contribution in [2.24, 2.45) is 5.73 Å². The Morgan fingerprint density at radius 2 is 1.92 bits per heavy atom. The molecule has 0 saturated carbocycles. The van der Waals surface area contributed by atoms with E-state index in [-0.39, 0.29) is 18.3 Å². The highest BCUT2D eigenvalue weighted by molar-refractivity contribution is 5.95. The van der Waals surface area contributed by atoms with Crippen molar-refractivity contribution in [3.63, 3.8) is 0 Å². The number of halogens is 1. The molecule has 1 heterocycles. The second-order valence-electron chi connectivity index (χ2n) is 6.03. The van der Waals surface area contributed by atoms with Gasteiger partial charge in [0.1, 0.15) is 5.75 Å². The maximum atomic E-state index is 12.4. The molecular formula is C20H24ClN3O2. The molecule has 0 saturated heterocycles. The van der Waals surface area contributed by atoms with Crippen LogP contribution >= 0.6 is 12.4 Å². The number of amides is 1. The normalized spacial score (nSPS) is 11.6. The fraction of sp³-hybridized carbons (Fsp3) is 0.250. The predicted molar refractivity (Wildman–Crippen MR) is 108 cm³/mol. The molecule has 3 aromatic rings. The molecule has 0 spiro atoms. The van der Waals surface area contributed by atoms with E-state index >= 15 is 0 Å². The summed E-state index contributed by atoms with van der Waals surface area (Å²) in [6.07, 6.45) is 3.35. The molecule has 0 aliphatic rings. The number of hydrogen-bond donors (Lipinski definition) is 3. The van der Waals surface area contributed by atoms with Crippen molar-refractivity contribution in [1.29, 1.82) is 0 Å². The Bertz CT molecular complexity index is 846. The van der Waals surface area contributed by atoms with Gasteiger partial charge in [0, 0.05) is 22.8 Å². The molecule has 26 heavy (non-hydrogen) atoms. The summed E-state index contributed by atoms with van der Waals surface area (Å²) in [6.45, 7) is 2.74. The molecule has 1 aromatic heterocycles. The number of carbonyl (C=O) groups excluding carboxylic acids is 1. The summed E-state index contributed by atoms with van der Waals surface area (Å²) in [5.74, 6) is 0.593. The third kappa shape index (κ3) is 4.77. The van der Waals surface area contributed by atoms with Crippen LogP contribution in [0.4, 0.5) is 5.69 Å². The van der Waals surface area contributed by atoms with E-state index in [0.29, 0.717) is 18.7 Å².